The number of nitrogens with two attached hydrogens (primary N) is 1. The lowest BCUT2D eigenvalue weighted by molar-refractivity contribution is 0.600. The molecule has 0 fully saturated rings. The third kappa shape index (κ3) is 3.94. The Morgan fingerprint density at radius 3 is 2.58 bits per heavy atom. The molecule has 19 heavy (non-hydrogen) atoms. The third-order valence-electron chi connectivity index (χ3n) is 2.21. The molecule has 0 saturated heterocycles. The first kappa shape index (κ1) is 13.8. The van der Waals surface area contributed by atoms with Crippen molar-refractivity contribution in [3.63, 3.8) is 0 Å². The van der Waals surface area contributed by atoms with Gasteiger partial charge in [-0.2, -0.15) is 0 Å². The summed E-state index contributed by atoms with van der Waals surface area (Å²) >= 11 is 5.81. The molecule has 3 N–H and O–H groups in total. The molecule has 1 aromatic carbocycles. The number of anilines is 1. The highest BCUT2D eigenvalue weighted by atomic mass is 32.2. The van der Waals surface area contributed by atoms with Gasteiger partial charge in [-0.1, -0.05) is 41.0 Å². The molecule has 0 spiro atoms. The molecule has 6 nitrogen and oxygen atoms in total. The van der Waals surface area contributed by atoms with E-state index in [1.807, 2.05) is 0 Å². The van der Waals surface area contributed by atoms with Crippen LogP contribution in [-0.2, 0) is 15.8 Å². The van der Waals surface area contributed by atoms with Gasteiger partial charge in [0.2, 0.25) is 10.0 Å². The zero-order valence-electron chi connectivity index (χ0n) is 9.61. The van der Waals surface area contributed by atoms with Crippen LogP contribution in [0.1, 0.15) is 11.1 Å². The number of thiocarbonyl (C=S) groups is 1. The second kappa shape index (κ2) is 5.59. The molecule has 0 saturated carbocycles. The molecule has 0 aliphatic carbocycles. The van der Waals surface area contributed by atoms with Gasteiger partial charge in [0.15, 0.2) is 0 Å². The molecule has 1 aromatic heterocycles. The highest BCUT2D eigenvalue weighted by Gasteiger charge is 2.13. The SMILES string of the molecule is NC(=S)c1ccc(CS(=O)(=O)Nc2cnns2)cc1. The number of aromatic nitrogens is 2. The molecule has 0 unspecified atom stereocenters. The van der Waals surface area contributed by atoms with E-state index in [-0.39, 0.29) is 10.7 Å². The van der Waals surface area contributed by atoms with Crippen molar-refractivity contribution in [2.24, 2.45) is 5.73 Å². The van der Waals surface area contributed by atoms with Gasteiger partial charge in [0, 0.05) is 17.1 Å². The van der Waals surface area contributed by atoms with Crippen LogP contribution in [0, 0.1) is 0 Å². The largest absolute Gasteiger partial charge is 0.389 e. The van der Waals surface area contributed by atoms with Crippen molar-refractivity contribution in [3.8, 4) is 0 Å². The summed E-state index contributed by atoms with van der Waals surface area (Å²) in [7, 11) is -3.47. The minimum atomic E-state index is -3.47. The van der Waals surface area contributed by atoms with Crippen LogP contribution in [0.4, 0.5) is 5.00 Å². The molecule has 1 heterocycles. The van der Waals surface area contributed by atoms with Crippen molar-refractivity contribution in [1.29, 1.82) is 0 Å². The minimum Gasteiger partial charge on any atom is -0.389 e. The summed E-state index contributed by atoms with van der Waals surface area (Å²) in [5, 5.41) is 3.95. The van der Waals surface area contributed by atoms with Crippen molar-refractivity contribution < 1.29 is 8.42 Å². The number of rotatable bonds is 5. The van der Waals surface area contributed by atoms with Crippen LogP contribution in [0.5, 0.6) is 0 Å². The van der Waals surface area contributed by atoms with Gasteiger partial charge in [0.05, 0.1) is 11.9 Å². The average Bonchev–Trinajstić information content (AvgIpc) is 2.81. The zero-order valence-corrected chi connectivity index (χ0v) is 12.1. The predicted molar refractivity (Wildman–Crippen MR) is 78.5 cm³/mol. The third-order valence-corrected chi connectivity index (χ3v) is 4.40. The molecule has 0 amide bonds. The Labute approximate surface area is 119 Å². The quantitative estimate of drug-likeness (QED) is 0.802. The van der Waals surface area contributed by atoms with Gasteiger partial charge >= 0.3 is 0 Å². The summed E-state index contributed by atoms with van der Waals surface area (Å²) in [6.45, 7) is 0. The summed E-state index contributed by atoms with van der Waals surface area (Å²) in [6, 6.07) is 6.75. The van der Waals surface area contributed by atoms with Crippen LogP contribution in [-0.4, -0.2) is 23.0 Å². The Balaban J connectivity index is 2.09. The van der Waals surface area contributed by atoms with E-state index in [0.29, 0.717) is 16.1 Å². The predicted octanol–water partition coefficient (Wildman–Crippen LogP) is 1.11. The Morgan fingerprint density at radius 1 is 1.37 bits per heavy atom. The second-order valence-electron chi connectivity index (χ2n) is 3.70. The van der Waals surface area contributed by atoms with Gasteiger partial charge in [0.25, 0.3) is 0 Å². The summed E-state index contributed by atoms with van der Waals surface area (Å²) in [5.74, 6) is -0.136. The number of hydrogen-bond donors (Lipinski definition) is 2. The van der Waals surface area contributed by atoms with Gasteiger partial charge < -0.3 is 5.73 Å². The zero-order chi connectivity index (χ0) is 13.9. The van der Waals surface area contributed by atoms with Gasteiger partial charge in [-0.25, -0.2) is 8.42 Å². The van der Waals surface area contributed by atoms with Crippen LogP contribution in [0.2, 0.25) is 0 Å². The smallest absolute Gasteiger partial charge is 0.237 e. The van der Waals surface area contributed by atoms with Crippen LogP contribution < -0.4 is 10.5 Å². The molecule has 0 atom stereocenters. The van der Waals surface area contributed by atoms with Crippen molar-refractivity contribution in [2.75, 3.05) is 4.72 Å². The Bertz CT molecular complexity index is 665. The first-order valence-electron chi connectivity index (χ1n) is 5.13. The molecule has 100 valence electrons. The maximum Gasteiger partial charge on any atom is 0.237 e. The Morgan fingerprint density at radius 2 is 2.05 bits per heavy atom. The van der Waals surface area contributed by atoms with Crippen LogP contribution >= 0.6 is 23.8 Å². The lowest BCUT2D eigenvalue weighted by Gasteiger charge is -2.06. The number of nitrogens with one attached hydrogen (secondary N) is 1. The highest BCUT2D eigenvalue weighted by Crippen LogP contribution is 2.15. The normalized spacial score (nSPS) is 11.2. The Kier molecular flexibility index (Phi) is 4.08. The highest BCUT2D eigenvalue weighted by molar-refractivity contribution is 7.92. The fraction of sp³-hybridized carbons (Fsp3) is 0.100. The summed E-state index contributed by atoms with van der Waals surface area (Å²) in [4.78, 5) is 0.281. The molecule has 0 aliphatic rings. The van der Waals surface area contributed by atoms with Crippen LogP contribution in [0.3, 0.4) is 0 Å². The molecular weight excluding hydrogens is 304 g/mol. The van der Waals surface area contributed by atoms with Crippen LogP contribution in [0.25, 0.3) is 0 Å². The first-order valence-corrected chi connectivity index (χ1v) is 7.96. The maximum absolute atomic E-state index is 11.9. The fourth-order valence-electron chi connectivity index (χ4n) is 1.39. The van der Waals surface area contributed by atoms with Gasteiger partial charge in [-0.05, 0) is 5.56 Å². The lowest BCUT2D eigenvalue weighted by Crippen LogP contribution is -2.14. The van der Waals surface area contributed by atoms with Crippen molar-refractivity contribution in [3.05, 3.63) is 41.6 Å². The van der Waals surface area contributed by atoms with Gasteiger partial charge in [0.1, 0.15) is 9.99 Å². The van der Waals surface area contributed by atoms with Crippen molar-refractivity contribution in [2.45, 2.75) is 5.75 Å². The molecule has 0 aliphatic heterocycles. The number of nitrogens with zero attached hydrogens (tertiary/aromatic N) is 2. The van der Waals surface area contributed by atoms with Gasteiger partial charge in [-0.15, -0.1) is 5.10 Å². The standard InChI is InChI=1S/C10H10N4O2S3/c11-10(17)8-3-1-7(2-4-8)6-19(15,16)13-9-5-12-14-18-9/h1-5,13H,6H2,(H2,11,17). The number of hydrogen-bond acceptors (Lipinski definition) is 6. The number of benzene rings is 1. The average molecular weight is 314 g/mol. The maximum atomic E-state index is 11.9. The second-order valence-corrected chi connectivity index (χ2v) is 6.65. The lowest BCUT2D eigenvalue weighted by atomic mass is 10.1. The molecule has 0 radical (unpaired) electrons. The topological polar surface area (TPSA) is 98.0 Å². The van der Waals surface area contributed by atoms with E-state index in [9.17, 15) is 8.42 Å². The minimum absolute atomic E-state index is 0.136. The molecule has 0 bridgehead atoms. The first-order chi connectivity index (χ1) is 8.96. The molecule has 2 aromatic rings. The summed E-state index contributed by atoms with van der Waals surface area (Å²) < 4.78 is 29.7. The monoisotopic (exact) mass is 314 g/mol. The molecule has 9 heteroatoms. The Hall–Kier alpha value is -1.58. The van der Waals surface area contributed by atoms with Crippen molar-refractivity contribution >= 4 is 43.8 Å². The van der Waals surface area contributed by atoms with Crippen molar-refractivity contribution in [1.82, 2.24) is 9.59 Å². The van der Waals surface area contributed by atoms with Crippen LogP contribution in [0.15, 0.2) is 30.5 Å². The van der Waals surface area contributed by atoms with E-state index in [2.05, 4.69) is 14.3 Å². The van der Waals surface area contributed by atoms with E-state index in [0.717, 1.165) is 11.5 Å². The summed E-state index contributed by atoms with van der Waals surface area (Å²) in [6.07, 6.45) is 1.36. The van der Waals surface area contributed by atoms with E-state index in [1.54, 1.807) is 24.3 Å². The van der Waals surface area contributed by atoms with E-state index < -0.39 is 10.0 Å². The van der Waals surface area contributed by atoms with E-state index >= 15 is 0 Å². The molecular formula is C10H10N4O2S3. The fourth-order valence-corrected chi connectivity index (χ4v) is 3.39. The molecule has 2 rings (SSSR count). The van der Waals surface area contributed by atoms with Gasteiger partial charge in [-0.3, -0.25) is 4.72 Å². The van der Waals surface area contributed by atoms with E-state index in [4.69, 9.17) is 18.0 Å². The summed E-state index contributed by atoms with van der Waals surface area (Å²) in [5.41, 5.74) is 6.82. The number of sulfonamides is 1. The van der Waals surface area contributed by atoms with E-state index in [1.165, 1.54) is 6.20 Å².